The predicted molar refractivity (Wildman–Crippen MR) is 101 cm³/mol. The Balaban J connectivity index is 2.04. The van der Waals surface area contributed by atoms with Crippen LogP contribution in [0.15, 0.2) is 36.4 Å². The van der Waals surface area contributed by atoms with Crippen LogP contribution in [0.1, 0.15) is 30.0 Å². The van der Waals surface area contributed by atoms with Crippen molar-refractivity contribution in [3.8, 4) is 11.5 Å². The Bertz CT molecular complexity index is 907. The lowest BCUT2D eigenvalue weighted by molar-refractivity contribution is -0.141. The van der Waals surface area contributed by atoms with E-state index in [2.05, 4.69) is 0 Å². The highest BCUT2D eigenvalue weighted by Crippen LogP contribution is 2.45. The number of fused-ring (bicyclic) bond motifs is 1. The van der Waals surface area contributed by atoms with E-state index in [9.17, 15) is 14.7 Å². The van der Waals surface area contributed by atoms with Crippen molar-refractivity contribution in [3.63, 3.8) is 0 Å². The van der Waals surface area contributed by atoms with Gasteiger partial charge < -0.3 is 19.5 Å². The molecule has 2 aromatic rings. The molecule has 0 aliphatic carbocycles. The molecule has 1 atom stereocenters. The van der Waals surface area contributed by atoms with Crippen LogP contribution in [0.25, 0.3) is 0 Å². The molecule has 0 fully saturated rings. The fraction of sp³-hybridized carbons (Fsp3) is 0.333. The number of Topliss-reactive ketones (excluding diaryl/α,β-unsaturated/α-hetero) is 1. The number of aryl methyl sites for hydroxylation is 1. The lowest BCUT2D eigenvalue weighted by Crippen LogP contribution is -2.41. The summed E-state index contributed by atoms with van der Waals surface area (Å²) in [6, 6.07) is 10.8. The first kappa shape index (κ1) is 18.9. The fourth-order valence-electron chi connectivity index (χ4n) is 3.63. The number of ether oxygens (including phenoxy) is 2. The maximum Gasteiger partial charge on any atom is 0.264 e. The summed E-state index contributed by atoms with van der Waals surface area (Å²) in [7, 11) is 3.11. The first-order valence-corrected chi connectivity index (χ1v) is 8.66. The minimum absolute atomic E-state index is 0.244. The minimum atomic E-state index is -1.83. The second kappa shape index (κ2) is 7.04. The van der Waals surface area contributed by atoms with E-state index in [1.54, 1.807) is 38.5 Å². The number of hydrogen-bond donors (Lipinski definition) is 1. The molecule has 1 amide bonds. The first-order valence-electron chi connectivity index (χ1n) is 8.66. The molecule has 0 saturated heterocycles. The van der Waals surface area contributed by atoms with E-state index in [0.29, 0.717) is 22.7 Å². The molecule has 0 saturated carbocycles. The number of para-hydroxylation sites is 1. The number of ketones is 1. The van der Waals surface area contributed by atoms with Crippen molar-refractivity contribution in [1.82, 2.24) is 0 Å². The molecule has 0 radical (unpaired) electrons. The van der Waals surface area contributed by atoms with Crippen molar-refractivity contribution in [3.05, 3.63) is 53.1 Å². The zero-order valence-corrected chi connectivity index (χ0v) is 15.9. The Hall–Kier alpha value is -2.86. The van der Waals surface area contributed by atoms with Crippen LogP contribution in [-0.2, 0) is 21.7 Å². The topological polar surface area (TPSA) is 76.1 Å². The molecule has 142 valence electrons. The molecule has 0 bridgehead atoms. The van der Waals surface area contributed by atoms with E-state index >= 15 is 0 Å². The lowest BCUT2D eigenvalue weighted by atomic mass is 9.89. The Morgan fingerprint density at radius 2 is 1.85 bits per heavy atom. The van der Waals surface area contributed by atoms with Crippen LogP contribution in [0.3, 0.4) is 0 Å². The van der Waals surface area contributed by atoms with Gasteiger partial charge in [0.25, 0.3) is 5.91 Å². The van der Waals surface area contributed by atoms with Crippen molar-refractivity contribution in [2.45, 2.75) is 32.4 Å². The molecule has 0 aromatic heterocycles. The first-order chi connectivity index (χ1) is 12.8. The largest absolute Gasteiger partial charge is 0.493 e. The van der Waals surface area contributed by atoms with Crippen LogP contribution in [-0.4, -0.2) is 31.0 Å². The molecule has 6 nitrogen and oxygen atoms in total. The Kier molecular flexibility index (Phi) is 4.93. The summed E-state index contributed by atoms with van der Waals surface area (Å²) in [6.45, 7) is 3.50. The zero-order chi connectivity index (χ0) is 19.8. The van der Waals surface area contributed by atoms with Crippen LogP contribution in [0.5, 0.6) is 11.5 Å². The summed E-state index contributed by atoms with van der Waals surface area (Å²) < 4.78 is 10.6. The summed E-state index contributed by atoms with van der Waals surface area (Å²) in [5, 5.41) is 11.1. The molecule has 1 aliphatic heterocycles. The third-order valence-electron chi connectivity index (χ3n) is 4.85. The standard InChI is InChI=1S/C21H23NO5/c1-13-6-5-7-16-19(13)22(20(24)21(16,25)11-14(2)23)12-15-8-9-17(26-3)18(10-15)27-4/h5-10,25H,11-12H2,1-4H3/t21-/m1/s1. The van der Waals surface area contributed by atoms with Gasteiger partial charge in [0.2, 0.25) is 0 Å². The summed E-state index contributed by atoms with van der Waals surface area (Å²) in [5.74, 6) is 0.423. The van der Waals surface area contributed by atoms with Crippen LogP contribution in [0.2, 0.25) is 0 Å². The molecule has 27 heavy (non-hydrogen) atoms. The maximum atomic E-state index is 13.1. The highest BCUT2D eigenvalue weighted by atomic mass is 16.5. The molecule has 6 heteroatoms. The van der Waals surface area contributed by atoms with Gasteiger partial charge in [0.1, 0.15) is 5.78 Å². The summed E-state index contributed by atoms with van der Waals surface area (Å²) >= 11 is 0. The van der Waals surface area contributed by atoms with Crippen LogP contribution in [0.4, 0.5) is 5.69 Å². The van der Waals surface area contributed by atoms with Crippen molar-refractivity contribution in [1.29, 1.82) is 0 Å². The second-order valence-corrected chi connectivity index (χ2v) is 6.79. The lowest BCUT2D eigenvalue weighted by Gasteiger charge is -2.23. The number of anilines is 1. The normalized spacial score (nSPS) is 18.4. The average molecular weight is 369 g/mol. The van der Waals surface area contributed by atoms with Gasteiger partial charge in [0, 0.05) is 12.0 Å². The third-order valence-corrected chi connectivity index (χ3v) is 4.85. The molecular weight excluding hydrogens is 346 g/mol. The van der Waals surface area contributed by atoms with E-state index in [1.807, 2.05) is 19.1 Å². The van der Waals surface area contributed by atoms with Gasteiger partial charge in [0.05, 0.1) is 26.5 Å². The van der Waals surface area contributed by atoms with Gasteiger partial charge in [-0.25, -0.2) is 0 Å². The molecule has 1 heterocycles. The van der Waals surface area contributed by atoms with Gasteiger partial charge in [-0.3, -0.25) is 9.59 Å². The van der Waals surface area contributed by atoms with Crippen molar-refractivity contribution < 1.29 is 24.2 Å². The molecule has 0 unspecified atom stereocenters. The molecule has 2 aromatic carbocycles. The van der Waals surface area contributed by atoms with Gasteiger partial charge in [-0.15, -0.1) is 0 Å². The number of hydrogen-bond acceptors (Lipinski definition) is 5. The van der Waals surface area contributed by atoms with Crippen molar-refractivity contribution in [2.75, 3.05) is 19.1 Å². The quantitative estimate of drug-likeness (QED) is 0.847. The number of carbonyl (C=O) groups is 2. The summed E-state index contributed by atoms with van der Waals surface area (Å²) in [6.07, 6.45) is -0.245. The molecular formula is C21H23NO5. The van der Waals surface area contributed by atoms with E-state index < -0.39 is 11.5 Å². The van der Waals surface area contributed by atoms with Crippen molar-refractivity contribution >= 4 is 17.4 Å². The highest BCUT2D eigenvalue weighted by Gasteiger charge is 2.50. The molecule has 0 spiro atoms. The number of carbonyl (C=O) groups excluding carboxylic acids is 2. The molecule has 3 rings (SSSR count). The van der Waals surface area contributed by atoms with Gasteiger partial charge in [0.15, 0.2) is 17.1 Å². The van der Waals surface area contributed by atoms with Crippen molar-refractivity contribution in [2.24, 2.45) is 0 Å². The van der Waals surface area contributed by atoms with E-state index in [4.69, 9.17) is 9.47 Å². The Morgan fingerprint density at radius 1 is 1.15 bits per heavy atom. The van der Waals surface area contributed by atoms with Gasteiger partial charge in [-0.1, -0.05) is 24.3 Å². The summed E-state index contributed by atoms with van der Waals surface area (Å²) in [4.78, 5) is 26.4. The number of rotatable bonds is 6. The number of methoxy groups -OCH3 is 2. The monoisotopic (exact) mass is 369 g/mol. The second-order valence-electron chi connectivity index (χ2n) is 6.79. The van der Waals surface area contributed by atoms with Crippen LogP contribution >= 0.6 is 0 Å². The smallest absolute Gasteiger partial charge is 0.264 e. The van der Waals surface area contributed by atoms with Gasteiger partial charge in [-0.2, -0.15) is 0 Å². The SMILES string of the molecule is COc1ccc(CN2C(=O)[C@@](O)(CC(C)=O)c3cccc(C)c32)cc1OC. The van der Waals surface area contributed by atoms with E-state index in [1.165, 1.54) is 11.8 Å². The number of nitrogens with zero attached hydrogens (tertiary/aromatic N) is 1. The minimum Gasteiger partial charge on any atom is -0.493 e. The highest BCUT2D eigenvalue weighted by molar-refractivity contribution is 6.09. The third kappa shape index (κ3) is 3.17. The average Bonchev–Trinajstić information content (AvgIpc) is 2.84. The van der Waals surface area contributed by atoms with E-state index in [-0.39, 0.29) is 18.7 Å². The van der Waals surface area contributed by atoms with Gasteiger partial charge in [-0.05, 0) is 37.1 Å². The summed E-state index contributed by atoms with van der Waals surface area (Å²) in [5.41, 5.74) is 0.983. The molecule has 1 aliphatic rings. The fourth-order valence-corrected chi connectivity index (χ4v) is 3.63. The van der Waals surface area contributed by atoms with Crippen LogP contribution < -0.4 is 14.4 Å². The maximum absolute atomic E-state index is 13.1. The number of aliphatic hydroxyl groups is 1. The number of benzene rings is 2. The zero-order valence-electron chi connectivity index (χ0n) is 15.9. The molecule has 1 N–H and O–H groups in total. The van der Waals surface area contributed by atoms with E-state index in [0.717, 1.165) is 11.1 Å². The Morgan fingerprint density at radius 3 is 2.48 bits per heavy atom. The predicted octanol–water partition coefficient (Wildman–Crippen LogP) is 2.73. The van der Waals surface area contributed by atoms with Gasteiger partial charge >= 0.3 is 0 Å². The number of amides is 1. The van der Waals surface area contributed by atoms with Crippen LogP contribution in [0, 0.1) is 6.92 Å². The Labute approximate surface area is 158 Å².